The third kappa shape index (κ3) is 6.04. The number of Topliss-reactive ketones (excluding diaryl/α,β-unsaturated/α-hetero) is 2. The molecule has 0 heterocycles. The van der Waals surface area contributed by atoms with Gasteiger partial charge in [0.1, 0.15) is 6.61 Å². The number of fused-ring (bicyclic) bond motifs is 1. The number of alkyl halides is 1. The quantitative estimate of drug-likeness (QED) is 0.310. The molecule has 1 aromatic carbocycles. The van der Waals surface area contributed by atoms with Crippen molar-refractivity contribution in [3.05, 3.63) is 64.8 Å². The van der Waals surface area contributed by atoms with Crippen molar-refractivity contribution >= 4 is 39.7 Å². The van der Waals surface area contributed by atoms with Crippen LogP contribution in [0.25, 0.3) is 5.57 Å². The molecule has 0 atom stereocenters. The number of aliphatic hydroxyl groups is 1. The van der Waals surface area contributed by atoms with Gasteiger partial charge in [0, 0.05) is 22.0 Å². The second kappa shape index (κ2) is 11.2. The topological polar surface area (TPSA) is 54.4 Å². The Labute approximate surface area is 163 Å². The van der Waals surface area contributed by atoms with Gasteiger partial charge in [0.15, 0.2) is 11.6 Å². The number of carbonyl (C=O) groups is 2. The van der Waals surface area contributed by atoms with Crippen LogP contribution in [0.5, 0.6) is 0 Å². The van der Waals surface area contributed by atoms with E-state index in [1.807, 2.05) is 30.3 Å². The summed E-state index contributed by atoms with van der Waals surface area (Å²) < 4.78 is 0.673. The molecule has 4 heteroatoms. The summed E-state index contributed by atoms with van der Waals surface area (Å²) in [6, 6.07) is 7.77. The molecule has 2 rings (SSSR count). The van der Waals surface area contributed by atoms with E-state index in [1.54, 1.807) is 19.1 Å². The lowest BCUT2D eigenvalue weighted by molar-refractivity contribution is -0.117. The summed E-state index contributed by atoms with van der Waals surface area (Å²) >= 11 is 2.20. The van der Waals surface area contributed by atoms with Crippen molar-refractivity contribution in [2.75, 3.05) is 11.0 Å². The molecule has 0 aliphatic heterocycles. The third-order valence-corrected chi connectivity index (χ3v) is 4.44. The molecule has 0 spiro atoms. The maximum Gasteiger partial charge on any atom is 0.187 e. The van der Waals surface area contributed by atoms with Crippen molar-refractivity contribution in [2.45, 2.75) is 33.6 Å². The Morgan fingerprint density at radius 1 is 1.28 bits per heavy atom. The molecule has 0 bridgehead atoms. The Bertz CT molecular complexity index is 712. The summed E-state index contributed by atoms with van der Waals surface area (Å²) in [6.45, 7) is 5.50. The Morgan fingerprint density at radius 3 is 2.48 bits per heavy atom. The number of ketones is 2. The molecule has 134 valence electrons. The fourth-order valence-electron chi connectivity index (χ4n) is 2.43. The highest BCUT2D eigenvalue weighted by atomic mass is 127. The van der Waals surface area contributed by atoms with Gasteiger partial charge in [-0.3, -0.25) is 9.59 Å². The van der Waals surface area contributed by atoms with E-state index in [9.17, 15) is 9.59 Å². The van der Waals surface area contributed by atoms with Crippen LogP contribution in [0, 0.1) is 0 Å². The summed E-state index contributed by atoms with van der Waals surface area (Å²) in [7, 11) is 0. The van der Waals surface area contributed by atoms with E-state index in [-0.39, 0.29) is 11.6 Å². The molecular weight excluding hydrogens is 427 g/mol. The fourth-order valence-corrected chi connectivity index (χ4v) is 2.87. The SMILES string of the molecule is CCC.C\C=C(/C=C(/C=C1\C(=O)Cc2ccccc21)CI)C(=O)CO. The van der Waals surface area contributed by atoms with E-state index in [4.69, 9.17) is 5.11 Å². The molecule has 3 nitrogen and oxygen atoms in total. The van der Waals surface area contributed by atoms with Crippen LogP contribution < -0.4 is 0 Å². The highest BCUT2D eigenvalue weighted by Crippen LogP contribution is 2.30. The maximum atomic E-state index is 12.2. The Hall–Kier alpha value is -1.53. The second-order valence-corrected chi connectivity index (χ2v) is 6.46. The summed E-state index contributed by atoms with van der Waals surface area (Å²) in [5.41, 5.74) is 4.06. The minimum absolute atomic E-state index is 0.104. The zero-order valence-corrected chi connectivity index (χ0v) is 17.2. The molecule has 1 aliphatic rings. The highest BCUT2D eigenvalue weighted by Gasteiger charge is 2.23. The average molecular weight is 452 g/mol. The predicted molar refractivity (Wildman–Crippen MR) is 112 cm³/mol. The molecule has 0 unspecified atom stereocenters. The molecule has 0 saturated carbocycles. The smallest absolute Gasteiger partial charge is 0.187 e. The number of allylic oxidation sites excluding steroid dienone is 5. The van der Waals surface area contributed by atoms with Gasteiger partial charge in [-0.2, -0.15) is 0 Å². The van der Waals surface area contributed by atoms with Gasteiger partial charge < -0.3 is 5.11 Å². The summed E-state index contributed by atoms with van der Waals surface area (Å²) in [5.74, 6) is -0.214. The highest BCUT2D eigenvalue weighted by molar-refractivity contribution is 14.1. The average Bonchev–Trinajstić information content (AvgIpc) is 2.93. The molecule has 1 N–H and O–H groups in total. The number of carbonyl (C=O) groups excluding carboxylic acids is 2. The first-order chi connectivity index (χ1) is 12.0. The zero-order valence-electron chi connectivity index (χ0n) is 15.0. The van der Waals surface area contributed by atoms with Crippen molar-refractivity contribution < 1.29 is 14.7 Å². The van der Waals surface area contributed by atoms with Gasteiger partial charge in [0.05, 0.1) is 0 Å². The molecule has 0 aromatic heterocycles. The van der Waals surface area contributed by atoms with Gasteiger partial charge in [0.2, 0.25) is 0 Å². The molecule has 1 aliphatic carbocycles. The number of benzene rings is 1. The van der Waals surface area contributed by atoms with E-state index in [0.717, 1.165) is 16.7 Å². The third-order valence-electron chi connectivity index (χ3n) is 3.56. The monoisotopic (exact) mass is 452 g/mol. The van der Waals surface area contributed by atoms with E-state index in [1.165, 1.54) is 6.42 Å². The number of hydrogen-bond donors (Lipinski definition) is 1. The molecule has 0 saturated heterocycles. The van der Waals surface area contributed by atoms with Gasteiger partial charge in [-0.15, -0.1) is 0 Å². The standard InChI is InChI=1S/C18H17IO3.C3H8/c1-2-13(18(22)11-20)7-12(10-19)8-16-15-6-4-3-5-14(15)9-17(16)21;1-3-2/h2-8,20H,9-11H2,1H3;3H2,1-2H3/b12-7-,13-2+,16-8-;. The molecule has 0 radical (unpaired) electrons. The predicted octanol–water partition coefficient (Wildman–Crippen LogP) is 4.48. The van der Waals surface area contributed by atoms with Crippen molar-refractivity contribution in [1.29, 1.82) is 0 Å². The van der Waals surface area contributed by atoms with Gasteiger partial charge >= 0.3 is 0 Å². The second-order valence-electron chi connectivity index (χ2n) is 5.70. The van der Waals surface area contributed by atoms with E-state index >= 15 is 0 Å². The van der Waals surface area contributed by atoms with Crippen LogP contribution in [0.1, 0.15) is 38.3 Å². The van der Waals surface area contributed by atoms with Gasteiger partial charge in [-0.25, -0.2) is 0 Å². The number of aliphatic hydroxyl groups excluding tert-OH is 1. The van der Waals surface area contributed by atoms with Gasteiger partial charge in [-0.1, -0.05) is 73.2 Å². The molecule has 25 heavy (non-hydrogen) atoms. The lowest BCUT2D eigenvalue weighted by Crippen LogP contribution is -2.06. The number of rotatable bonds is 5. The van der Waals surface area contributed by atoms with Crippen molar-refractivity contribution in [3.63, 3.8) is 0 Å². The lowest BCUT2D eigenvalue weighted by atomic mass is 10.0. The first-order valence-electron chi connectivity index (χ1n) is 8.42. The first-order valence-corrected chi connectivity index (χ1v) is 9.94. The normalized spacial score (nSPS) is 15.7. The largest absolute Gasteiger partial charge is 0.388 e. The lowest BCUT2D eigenvalue weighted by Gasteiger charge is -2.04. The van der Waals surface area contributed by atoms with Crippen molar-refractivity contribution in [2.24, 2.45) is 0 Å². The van der Waals surface area contributed by atoms with Crippen LogP contribution in [0.4, 0.5) is 0 Å². The minimum Gasteiger partial charge on any atom is -0.388 e. The van der Waals surface area contributed by atoms with Crippen LogP contribution in [-0.2, 0) is 16.0 Å². The van der Waals surface area contributed by atoms with Crippen LogP contribution in [0.15, 0.2) is 53.6 Å². The molecular formula is C21H25IO3. The van der Waals surface area contributed by atoms with Crippen LogP contribution >= 0.6 is 22.6 Å². The Balaban J connectivity index is 0.000000970. The van der Waals surface area contributed by atoms with Gasteiger partial charge in [-0.05, 0) is 35.8 Å². The molecule has 0 amide bonds. The Morgan fingerprint density at radius 2 is 1.92 bits per heavy atom. The molecule has 0 fully saturated rings. The fraction of sp³-hybridized carbons (Fsp3) is 0.333. The maximum absolute atomic E-state index is 12.2. The van der Waals surface area contributed by atoms with Crippen molar-refractivity contribution in [3.8, 4) is 0 Å². The summed E-state index contributed by atoms with van der Waals surface area (Å²) in [5, 5.41) is 8.99. The zero-order chi connectivity index (χ0) is 18.8. The Kier molecular flexibility index (Phi) is 9.60. The molecule has 1 aromatic rings. The van der Waals surface area contributed by atoms with Crippen LogP contribution in [0.2, 0.25) is 0 Å². The van der Waals surface area contributed by atoms with E-state index in [2.05, 4.69) is 36.4 Å². The van der Waals surface area contributed by atoms with Crippen LogP contribution in [0.3, 0.4) is 0 Å². The van der Waals surface area contributed by atoms with Gasteiger partial charge in [0.25, 0.3) is 0 Å². The minimum atomic E-state index is -0.511. The summed E-state index contributed by atoms with van der Waals surface area (Å²) in [4.78, 5) is 23.8. The summed E-state index contributed by atoms with van der Waals surface area (Å²) in [6.07, 6.45) is 6.96. The van der Waals surface area contributed by atoms with Crippen LogP contribution in [-0.4, -0.2) is 27.7 Å². The van der Waals surface area contributed by atoms with E-state index < -0.39 is 6.61 Å². The van der Waals surface area contributed by atoms with E-state index in [0.29, 0.717) is 22.0 Å². The van der Waals surface area contributed by atoms with Crippen molar-refractivity contribution in [1.82, 2.24) is 0 Å². The number of hydrogen-bond acceptors (Lipinski definition) is 3. The number of halogens is 1. The first kappa shape index (κ1) is 21.5.